The number of aromatic nitrogens is 2. The van der Waals surface area contributed by atoms with Gasteiger partial charge in [0.2, 0.25) is 16.4 Å². The molecule has 9 heteroatoms. The van der Waals surface area contributed by atoms with Crippen LogP contribution in [-0.2, 0) is 16.6 Å². The molecule has 0 N–H and O–H groups in total. The standard InChI is InChI=1S/C15H21F2N3O2S2/c1-4-5-8-20-13-7-6-11(24(21,22)19(2)3)9-12(13)18-15(20)23-10-14(16)17/h6-7,9,14H,4-5,8,10H2,1-3H3. The van der Waals surface area contributed by atoms with Crippen LogP contribution in [-0.4, -0.2) is 48.5 Å². The normalized spacial score (nSPS) is 12.6. The van der Waals surface area contributed by atoms with Crippen molar-refractivity contribution in [2.24, 2.45) is 0 Å². The lowest BCUT2D eigenvalue weighted by molar-refractivity contribution is 0.176. The van der Waals surface area contributed by atoms with Crippen molar-refractivity contribution in [1.29, 1.82) is 0 Å². The molecule has 0 aliphatic carbocycles. The van der Waals surface area contributed by atoms with Crippen molar-refractivity contribution in [3.05, 3.63) is 18.2 Å². The summed E-state index contributed by atoms with van der Waals surface area (Å²) >= 11 is 0.993. The van der Waals surface area contributed by atoms with Gasteiger partial charge in [-0.3, -0.25) is 0 Å². The van der Waals surface area contributed by atoms with Crippen molar-refractivity contribution in [1.82, 2.24) is 13.9 Å². The first-order valence-electron chi connectivity index (χ1n) is 7.61. The third kappa shape index (κ3) is 4.07. The number of hydrogen-bond donors (Lipinski definition) is 0. The molecule has 0 spiro atoms. The maximum absolute atomic E-state index is 12.5. The van der Waals surface area contributed by atoms with Crippen molar-refractivity contribution in [3.8, 4) is 0 Å². The molecular formula is C15H21F2N3O2S2. The summed E-state index contributed by atoms with van der Waals surface area (Å²) in [6.45, 7) is 2.71. The Morgan fingerprint density at radius 1 is 1.33 bits per heavy atom. The lowest BCUT2D eigenvalue weighted by Gasteiger charge is -2.11. The number of nitrogens with zero attached hydrogens (tertiary/aromatic N) is 3. The Morgan fingerprint density at radius 2 is 2.04 bits per heavy atom. The molecule has 0 aliphatic rings. The van der Waals surface area contributed by atoms with Crippen LogP contribution in [0, 0.1) is 0 Å². The molecule has 0 saturated heterocycles. The molecule has 0 aliphatic heterocycles. The number of sulfonamides is 1. The van der Waals surface area contributed by atoms with Gasteiger partial charge in [0.15, 0.2) is 5.16 Å². The number of hydrogen-bond acceptors (Lipinski definition) is 4. The zero-order valence-corrected chi connectivity index (χ0v) is 15.5. The topological polar surface area (TPSA) is 55.2 Å². The number of benzene rings is 1. The monoisotopic (exact) mass is 377 g/mol. The van der Waals surface area contributed by atoms with Crippen molar-refractivity contribution in [2.75, 3.05) is 19.8 Å². The summed E-state index contributed by atoms with van der Waals surface area (Å²) in [5, 5.41) is 0.498. The van der Waals surface area contributed by atoms with E-state index in [1.807, 2.05) is 11.5 Å². The van der Waals surface area contributed by atoms with Gasteiger partial charge in [0.1, 0.15) is 0 Å². The predicted octanol–water partition coefficient (Wildman–Crippen LogP) is 3.44. The van der Waals surface area contributed by atoms with E-state index in [4.69, 9.17) is 0 Å². The van der Waals surface area contributed by atoms with E-state index >= 15 is 0 Å². The predicted molar refractivity (Wildman–Crippen MR) is 92.2 cm³/mol. The molecule has 1 heterocycles. The van der Waals surface area contributed by atoms with E-state index in [2.05, 4.69) is 4.98 Å². The lowest BCUT2D eigenvalue weighted by atomic mass is 10.3. The number of fused-ring (bicyclic) bond motifs is 1. The summed E-state index contributed by atoms with van der Waals surface area (Å²) in [7, 11) is -0.634. The molecule has 0 fully saturated rings. The van der Waals surface area contributed by atoms with E-state index in [9.17, 15) is 17.2 Å². The minimum absolute atomic E-state index is 0.144. The van der Waals surface area contributed by atoms with Gasteiger partial charge in [0.05, 0.1) is 21.7 Å². The number of rotatable bonds is 8. The first-order valence-corrected chi connectivity index (χ1v) is 10.0. The number of aryl methyl sites for hydroxylation is 1. The Balaban J connectivity index is 2.49. The molecule has 5 nitrogen and oxygen atoms in total. The van der Waals surface area contributed by atoms with Gasteiger partial charge in [-0.15, -0.1) is 0 Å². The van der Waals surface area contributed by atoms with Crippen LogP contribution in [0.5, 0.6) is 0 Å². The summed E-state index contributed by atoms with van der Waals surface area (Å²) in [5.74, 6) is -0.335. The van der Waals surface area contributed by atoms with Gasteiger partial charge in [-0.2, -0.15) is 0 Å². The molecule has 0 saturated carbocycles. The average Bonchev–Trinajstić information content (AvgIpc) is 2.87. The second-order valence-corrected chi connectivity index (χ2v) is 8.68. The fourth-order valence-electron chi connectivity index (χ4n) is 2.24. The quantitative estimate of drug-likeness (QED) is 0.661. The fraction of sp³-hybridized carbons (Fsp3) is 0.533. The summed E-state index contributed by atoms with van der Waals surface area (Å²) in [6, 6.07) is 4.73. The van der Waals surface area contributed by atoms with Crippen molar-refractivity contribution in [2.45, 2.75) is 42.8 Å². The van der Waals surface area contributed by atoms with Gasteiger partial charge in [-0.25, -0.2) is 26.5 Å². The maximum Gasteiger partial charge on any atom is 0.248 e. The highest BCUT2D eigenvalue weighted by atomic mass is 32.2. The van der Waals surface area contributed by atoms with Crippen LogP contribution in [0.15, 0.2) is 28.3 Å². The van der Waals surface area contributed by atoms with Gasteiger partial charge < -0.3 is 4.57 Å². The lowest BCUT2D eigenvalue weighted by Crippen LogP contribution is -2.22. The second-order valence-electron chi connectivity index (χ2n) is 5.54. The van der Waals surface area contributed by atoms with Crippen LogP contribution >= 0.6 is 11.8 Å². The number of halogens is 2. The molecule has 0 unspecified atom stereocenters. The first kappa shape index (κ1) is 19.1. The third-order valence-corrected chi connectivity index (χ3v) is 6.34. The molecule has 0 bridgehead atoms. The van der Waals surface area contributed by atoms with Gasteiger partial charge >= 0.3 is 0 Å². The molecule has 2 aromatic rings. The molecule has 134 valence electrons. The Bertz CT molecular complexity index is 804. The van der Waals surface area contributed by atoms with E-state index in [-0.39, 0.29) is 10.6 Å². The van der Waals surface area contributed by atoms with Crippen molar-refractivity contribution < 1.29 is 17.2 Å². The summed E-state index contributed by atoms with van der Waals surface area (Å²) in [6.07, 6.45) is -0.559. The van der Waals surface area contributed by atoms with Crippen LogP contribution in [0.4, 0.5) is 8.78 Å². The largest absolute Gasteiger partial charge is 0.319 e. The summed E-state index contributed by atoms with van der Waals surface area (Å²) < 4.78 is 52.6. The maximum atomic E-state index is 12.5. The van der Waals surface area contributed by atoms with E-state index in [1.54, 1.807) is 6.07 Å². The molecular weight excluding hydrogens is 356 g/mol. The Hall–Kier alpha value is -1.19. The molecule has 0 amide bonds. The Morgan fingerprint density at radius 3 is 2.62 bits per heavy atom. The highest BCUT2D eigenvalue weighted by Crippen LogP contribution is 2.28. The molecule has 1 aromatic heterocycles. The van der Waals surface area contributed by atoms with E-state index in [0.29, 0.717) is 17.2 Å². The Kier molecular flexibility index (Phi) is 6.22. The van der Waals surface area contributed by atoms with Crippen LogP contribution in [0.3, 0.4) is 0 Å². The zero-order chi connectivity index (χ0) is 17.9. The van der Waals surface area contributed by atoms with E-state index in [0.717, 1.165) is 34.4 Å². The number of unbranched alkanes of at least 4 members (excludes halogenated alkanes) is 1. The van der Waals surface area contributed by atoms with Crippen molar-refractivity contribution in [3.63, 3.8) is 0 Å². The first-order chi connectivity index (χ1) is 11.3. The van der Waals surface area contributed by atoms with Gasteiger partial charge in [0.25, 0.3) is 0 Å². The van der Waals surface area contributed by atoms with Gasteiger partial charge in [-0.1, -0.05) is 25.1 Å². The van der Waals surface area contributed by atoms with Crippen molar-refractivity contribution >= 4 is 32.8 Å². The van der Waals surface area contributed by atoms with Gasteiger partial charge in [-0.05, 0) is 24.6 Å². The van der Waals surface area contributed by atoms with Crippen LogP contribution in [0.2, 0.25) is 0 Å². The molecule has 0 atom stereocenters. The summed E-state index contributed by atoms with van der Waals surface area (Å²) in [5.41, 5.74) is 1.27. The number of thioether (sulfide) groups is 1. The SMILES string of the molecule is CCCCn1c(SCC(F)F)nc2cc(S(=O)(=O)N(C)C)ccc21. The fourth-order valence-corrected chi connectivity index (χ4v) is 3.94. The number of imidazole rings is 1. The Labute approximate surface area is 145 Å². The second kappa shape index (κ2) is 7.79. The van der Waals surface area contributed by atoms with Gasteiger partial charge in [0, 0.05) is 20.6 Å². The highest BCUT2D eigenvalue weighted by Gasteiger charge is 2.20. The van der Waals surface area contributed by atoms with E-state index in [1.165, 1.54) is 26.2 Å². The third-order valence-electron chi connectivity index (χ3n) is 3.54. The van der Waals surface area contributed by atoms with Crippen LogP contribution in [0.1, 0.15) is 19.8 Å². The minimum Gasteiger partial charge on any atom is -0.319 e. The molecule has 2 rings (SSSR count). The number of alkyl halides is 2. The minimum atomic E-state index is -3.56. The van der Waals surface area contributed by atoms with Crippen LogP contribution < -0.4 is 0 Å². The van der Waals surface area contributed by atoms with E-state index < -0.39 is 16.4 Å². The average molecular weight is 377 g/mol. The smallest absolute Gasteiger partial charge is 0.248 e. The highest BCUT2D eigenvalue weighted by molar-refractivity contribution is 7.99. The molecule has 0 radical (unpaired) electrons. The zero-order valence-electron chi connectivity index (χ0n) is 13.9. The van der Waals surface area contributed by atoms with Crippen LogP contribution in [0.25, 0.3) is 11.0 Å². The molecule has 1 aromatic carbocycles. The molecule has 24 heavy (non-hydrogen) atoms. The summed E-state index contributed by atoms with van der Waals surface area (Å²) in [4.78, 5) is 4.52.